The van der Waals surface area contributed by atoms with Gasteiger partial charge in [-0.05, 0) is 62.4 Å². The van der Waals surface area contributed by atoms with Crippen LogP contribution in [0.25, 0.3) is 0 Å². The number of likely N-dealkylation sites (tertiary alicyclic amines) is 2. The van der Waals surface area contributed by atoms with Crippen molar-refractivity contribution in [2.24, 2.45) is 11.8 Å². The van der Waals surface area contributed by atoms with Crippen LogP contribution in [-0.2, 0) is 11.2 Å². The second-order valence-corrected chi connectivity index (χ2v) is 7.93. The Balaban J connectivity index is 1.44. The summed E-state index contributed by atoms with van der Waals surface area (Å²) in [5.74, 6) is 0.889. The summed E-state index contributed by atoms with van der Waals surface area (Å²) < 4.78 is 0. The van der Waals surface area contributed by atoms with E-state index in [0.717, 1.165) is 37.5 Å². The Morgan fingerprint density at radius 3 is 2.48 bits per heavy atom. The first-order chi connectivity index (χ1) is 12.2. The molecule has 0 spiro atoms. The summed E-state index contributed by atoms with van der Waals surface area (Å²) in [6, 6.07) is 7.84. The molecule has 0 unspecified atom stereocenters. The van der Waals surface area contributed by atoms with Crippen LogP contribution in [0.5, 0.6) is 0 Å². The topological polar surface area (TPSA) is 43.8 Å². The van der Waals surface area contributed by atoms with E-state index in [1.807, 2.05) is 29.2 Å². The van der Waals surface area contributed by atoms with Crippen LogP contribution in [-0.4, -0.2) is 60.1 Å². The third kappa shape index (κ3) is 5.19. The van der Waals surface area contributed by atoms with E-state index in [2.05, 4.69) is 4.90 Å². The molecule has 0 aromatic heterocycles. The summed E-state index contributed by atoms with van der Waals surface area (Å²) in [5, 5.41) is 10.4. The summed E-state index contributed by atoms with van der Waals surface area (Å²) in [6.07, 6.45) is 4.90. The van der Waals surface area contributed by atoms with Crippen molar-refractivity contribution in [3.8, 4) is 0 Å². The molecule has 3 rings (SSSR count). The first-order valence-electron chi connectivity index (χ1n) is 9.51. The fourth-order valence-corrected chi connectivity index (χ4v) is 4.23. The molecule has 1 aromatic carbocycles. The Kier molecular flexibility index (Phi) is 6.74. The predicted molar refractivity (Wildman–Crippen MR) is 101 cm³/mol. The number of halogens is 1. The minimum Gasteiger partial charge on any atom is -0.396 e. The fraction of sp³-hybridized carbons (Fsp3) is 0.650. The molecular weight excluding hydrogens is 336 g/mol. The molecule has 0 radical (unpaired) electrons. The molecular formula is C20H29ClN2O2. The molecule has 0 saturated carbocycles. The van der Waals surface area contributed by atoms with Crippen LogP contribution in [0.1, 0.15) is 31.2 Å². The van der Waals surface area contributed by atoms with Gasteiger partial charge >= 0.3 is 0 Å². The molecule has 2 fully saturated rings. The number of nitrogens with zero attached hydrogens (tertiary/aromatic N) is 2. The largest absolute Gasteiger partial charge is 0.396 e. The molecule has 1 amide bonds. The van der Waals surface area contributed by atoms with E-state index in [1.165, 1.54) is 31.5 Å². The summed E-state index contributed by atoms with van der Waals surface area (Å²) in [4.78, 5) is 17.0. The predicted octanol–water partition coefficient (Wildman–Crippen LogP) is 2.83. The number of hydrogen-bond donors (Lipinski definition) is 1. The van der Waals surface area contributed by atoms with Crippen molar-refractivity contribution in [2.45, 2.75) is 32.1 Å². The molecule has 4 nitrogen and oxygen atoms in total. The molecule has 2 heterocycles. The van der Waals surface area contributed by atoms with E-state index >= 15 is 0 Å². The van der Waals surface area contributed by atoms with Crippen molar-refractivity contribution in [3.63, 3.8) is 0 Å². The SMILES string of the molecule is O=C(CCCc1ccc(Cl)cc1)N1C[C@@H](CN2CCCC2)[C@@H](CO)C1. The highest BCUT2D eigenvalue weighted by atomic mass is 35.5. The van der Waals surface area contributed by atoms with E-state index in [9.17, 15) is 9.90 Å². The third-order valence-corrected chi connectivity index (χ3v) is 5.88. The van der Waals surface area contributed by atoms with Crippen molar-refractivity contribution in [1.82, 2.24) is 9.80 Å². The standard InChI is InChI=1S/C20H29ClN2O2/c21-19-8-6-16(7-9-19)4-3-5-20(25)23-13-17(18(14-23)15-24)12-22-10-1-2-11-22/h6-9,17-18,24H,1-5,10-15H2/t17-,18-/m1/s1. The highest BCUT2D eigenvalue weighted by Crippen LogP contribution is 2.26. The van der Waals surface area contributed by atoms with Crippen molar-refractivity contribution < 1.29 is 9.90 Å². The lowest BCUT2D eigenvalue weighted by Crippen LogP contribution is -2.32. The molecule has 1 N–H and O–H groups in total. The fourth-order valence-electron chi connectivity index (χ4n) is 4.11. The minimum atomic E-state index is 0.188. The zero-order chi connectivity index (χ0) is 17.6. The summed E-state index contributed by atoms with van der Waals surface area (Å²) in [5.41, 5.74) is 1.22. The Labute approximate surface area is 155 Å². The number of carbonyl (C=O) groups excluding carboxylic acids is 1. The smallest absolute Gasteiger partial charge is 0.222 e. The van der Waals surface area contributed by atoms with Crippen LogP contribution in [0.15, 0.2) is 24.3 Å². The van der Waals surface area contributed by atoms with Crippen LogP contribution in [0.4, 0.5) is 0 Å². The molecule has 2 aliphatic heterocycles. The average Bonchev–Trinajstić information content (AvgIpc) is 3.26. The van der Waals surface area contributed by atoms with Gasteiger partial charge in [0.25, 0.3) is 0 Å². The summed E-state index contributed by atoms with van der Waals surface area (Å²) >= 11 is 5.90. The number of rotatable bonds is 7. The Morgan fingerprint density at radius 2 is 1.80 bits per heavy atom. The highest BCUT2D eigenvalue weighted by Gasteiger charge is 2.35. The maximum absolute atomic E-state index is 12.5. The van der Waals surface area contributed by atoms with Crippen LogP contribution >= 0.6 is 11.6 Å². The number of benzene rings is 1. The van der Waals surface area contributed by atoms with Crippen molar-refractivity contribution in [3.05, 3.63) is 34.9 Å². The van der Waals surface area contributed by atoms with Crippen LogP contribution in [0.2, 0.25) is 5.02 Å². The molecule has 2 atom stereocenters. The van der Waals surface area contributed by atoms with Gasteiger partial charge in [-0.1, -0.05) is 23.7 Å². The van der Waals surface area contributed by atoms with Gasteiger partial charge in [0.15, 0.2) is 0 Å². The van der Waals surface area contributed by atoms with E-state index in [0.29, 0.717) is 12.3 Å². The minimum absolute atomic E-state index is 0.188. The average molecular weight is 365 g/mol. The van der Waals surface area contributed by atoms with Crippen LogP contribution in [0.3, 0.4) is 0 Å². The number of carbonyl (C=O) groups is 1. The third-order valence-electron chi connectivity index (χ3n) is 5.62. The maximum atomic E-state index is 12.5. The Morgan fingerprint density at radius 1 is 1.12 bits per heavy atom. The second kappa shape index (κ2) is 9.02. The van der Waals surface area contributed by atoms with E-state index in [4.69, 9.17) is 11.6 Å². The molecule has 138 valence electrons. The van der Waals surface area contributed by atoms with Gasteiger partial charge in [0.05, 0.1) is 0 Å². The van der Waals surface area contributed by atoms with Crippen molar-refractivity contribution in [1.29, 1.82) is 0 Å². The molecule has 0 aliphatic carbocycles. The number of aryl methyl sites for hydroxylation is 1. The number of hydrogen-bond acceptors (Lipinski definition) is 3. The Hall–Kier alpha value is -1.10. The quantitative estimate of drug-likeness (QED) is 0.809. The van der Waals surface area contributed by atoms with E-state index in [1.54, 1.807) is 0 Å². The summed E-state index contributed by atoms with van der Waals surface area (Å²) in [7, 11) is 0. The van der Waals surface area contributed by atoms with Gasteiger partial charge in [-0.2, -0.15) is 0 Å². The normalized spacial score (nSPS) is 24.2. The van der Waals surface area contributed by atoms with E-state index in [-0.39, 0.29) is 18.4 Å². The lowest BCUT2D eigenvalue weighted by molar-refractivity contribution is -0.130. The molecule has 2 saturated heterocycles. The lowest BCUT2D eigenvalue weighted by Gasteiger charge is -2.22. The Bertz CT molecular complexity index is 557. The first-order valence-corrected chi connectivity index (χ1v) is 9.89. The van der Waals surface area contributed by atoms with Gasteiger partial charge in [0.2, 0.25) is 5.91 Å². The lowest BCUT2D eigenvalue weighted by atomic mass is 9.96. The molecule has 5 heteroatoms. The van der Waals surface area contributed by atoms with Gasteiger partial charge < -0.3 is 14.9 Å². The molecule has 0 bridgehead atoms. The molecule has 2 aliphatic rings. The molecule has 1 aromatic rings. The number of aliphatic hydroxyl groups is 1. The van der Waals surface area contributed by atoms with Crippen molar-refractivity contribution in [2.75, 3.05) is 39.3 Å². The second-order valence-electron chi connectivity index (χ2n) is 7.49. The van der Waals surface area contributed by atoms with Gasteiger partial charge in [-0.25, -0.2) is 0 Å². The van der Waals surface area contributed by atoms with Gasteiger partial charge in [0.1, 0.15) is 0 Å². The van der Waals surface area contributed by atoms with E-state index < -0.39 is 0 Å². The molecule has 25 heavy (non-hydrogen) atoms. The number of aliphatic hydroxyl groups excluding tert-OH is 1. The van der Waals surface area contributed by atoms with Crippen LogP contribution < -0.4 is 0 Å². The van der Waals surface area contributed by atoms with Crippen LogP contribution in [0, 0.1) is 11.8 Å². The van der Waals surface area contributed by atoms with Gasteiger partial charge in [-0.15, -0.1) is 0 Å². The zero-order valence-corrected chi connectivity index (χ0v) is 15.6. The zero-order valence-electron chi connectivity index (χ0n) is 14.9. The number of amides is 1. The van der Waals surface area contributed by atoms with Crippen molar-refractivity contribution >= 4 is 17.5 Å². The monoisotopic (exact) mass is 364 g/mol. The summed E-state index contributed by atoms with van der Waals surface area (Å²) in [6.45, 7) is 5.08. The van der Waals surface area contributed by atoms with Gasteiger partial charge in [-0.3, -0.25) is 4.79 Å². The van der Waals surface area contributed by atoms with Gasteiger partial charge in [0, 0.05) is 43.6 Å². The maximum Gasteiger partial charge on any atom is 0.222 e. The highest BCUT2D eigenvalue weighted by molar-refractivity contribution is 6.30. The first kappa shape index (κ1) is 18.7.